The summed E-state index contributed by atoms with van der Waals surface area (Å²) >= 11 is 0. The van der Waals surface area contributed by atoms with Crippen molar-refractivity contribution in [3.8, 4) is 16.9 Å². The number of esters is 1. The van der Waals surface area contributed by atoms with Crippen molar-refractivity contribution in [2.24, 2.45) is 17.8 Å². The lowest BCUT2D eigenvalue weighted by Crippen LogP contribution is -2.12. The van der Waals surface area contributed by atoms with Crippen LogP contribution in [0.5, 0.6) is 5.75 Å². The molecular weight excluding hydrogens is 272 g/mol. The molecule has 0 saturated heterocycles. The van der Waals surface area contributed by atoms with Gasteiger partial charge in [-0.2, -0.15) is 0 Å². The zero-order valence-corrected chi connectivity index (χ0v) is 12.6. The first kappa shape index (κ1) is 13.6. The van der Waals surface area contributed by atoms with Crippen LogP contribution in [0.1, 0.15) is 25.7 Å². The predicted molar refractivity (Wildman–Crippen MR) is 86.5 cm³/mol. The van der Waals surface area contributed by atoms with Crippen molar-refractivity contribution in [3.63, 3.8) is 0 Å². The molecule has 2 atom stereocenters. The summed E-state index contributed by atoms with van der Waals surface area (Å²) in [6.45, 7) is 0. The van der Waals surface area contributed by atoms with Crippen LogP contribution in [-0.2, 0) is 4.79 Å². The van der Waals surface area contributed by atoms with E-state index in [0.717, 1.165) is 5.56 Å². The maximum Gasteiger partial charge on any atom is 0.314 e. The van der Waals surface area contributed by atoms with Gasteiger partial charge in [0.2, 0.25) is 0 Å². The molecule has 2 aliphatic rings. The van der Waals surface area contributed by atoms with Gasteiger partial charge in [-0.05, 0) is 47.9 Å². The Labute approximate surface area is 131 Å². The van der Waals surface area contributed by atoms with Crippen molar-refractivity contribution in [1.29, 1.82) is 0 Å². The second-order valence-electron chi connectivity index (χ2n) is 6.45. The summed E-state index contributed by atoms with van der Waals surface area (Å²) in [4.78, 5) is 12.3. The van der Waals surface area contributed by atoms with Crippen molar-refractivity contribution >= 4 is 5.97 Å². The highest BCUT2D eigenvalue weighted by Gasteiger charge is 2.55. The Morgan fingerprint density at radius 2 is 1.41 bits per heavy atom. The molecule has 2 saturated carbocycles. The molecule has 0 aliphatic heterocycles. The van der Waals surface area contributed by atoms with E-state index in [4.69, 9.17) is 4.74 Å². The Bertz CT molecular complexity index is 648. The molecule has 2 aromatic rings. The third-order valence-corrected chi connectivity index (χ3v) is 5.11. The Morgan fingerprint density at radius 3 is 2.05 bits per heavy atom. The predicted octanol–water partition coefficient (Wildman–Crippen LogP) is 4.70. The second-order valence-corrected chi connectivity index (χ2v) is 6.45. The van der Waals surface area contributed by atoms with E-state index in [0.29, 0.717) is 17.6 Å². The van der Waals surface area contributed by atoms with Gasteiger partial charge in [0.15, 0.2) is 0 Å². The lowest BCUT2D eigenvalue weighted by Gasteiger charge is -2.06. The Balaban J connectivity index is 1.42. The number of fused-ring (bicyclic) bond motifs is 1. The van der Waals surface area contributed by atoms with Crippen LogP contribution in [0, 0.1) is 17.8 Å². The van der Waals surface area contributed by atoms with E-state index in [-0.39, 0.29) is 11.9 Å². The van der Waals surface area contributed by atoms with Gasteiger partial charge in [-0.1, -0.05) is 55.3 Å². The standard InChI is InChI=1S/C20H20O2/c21-20(19-17-8-4-5-9-18(17)19)22-16-12-10-15(11-13-16)14-6-2-1-3-7-14/h1-3,6-7,10-13,17-19H,4-5,8-9H2/t17-,18-/m0/s1. The third kappa shape index (κ3) is 2.54. The molecule has 2 heteroatoms. The van der Waals surface area contributed by atoms with Crippen LogP contribution in [-0.4, -0.2) is 5.97 Å². The van der Waals surface area contributed by atoms with E-state index in [1.54, 1.807) is 0 Å². The van der Waals surface area contributed by atoms with Crippen molar-refractivity contribution in [1.82, 2.24) is 0 Å². The maximum absolute atomic E-state index is 12.3. The van der Waals surface area contributed by atoms with E-state index in [1.165, 1.54) is 31.2 Å². The van der Waals surface area contributed by atoms with Gasteiger partial charge in [-0.15, -0.1) is 0 Å². The summed E-state index contributed by atoms with van der Waals surface area (Å²) in [5.41, 5.74) is 2.31. The summed E-state index contributed by atoms with van der Waals surface area (Å²) in [6, 6.07) is 18.0. The Kier molecular flexibility index (Phi) is 3.45. The summed E-state index contributed by atoms with van der Waals surface area (Å²) in [7, 11) is 0. The van der Waals surface area contributed by atoms with Crippen molar-refractivity contribution < 1.29 is 9.53 Å². The Morgan fingerprint density at radius 1 is 0.818 bits per heavy atom. The molecule has 0 heterocycles. The van der Waals surface area contributed by atoms with Crippen LogP contribution < -0.4 is 4.74 Å². The first-order valence-electron chi connectivity index (χ1n) is 8.20. The third-order valence-electron chi connectivity index (χ3n) is 5.11. The van der Waals surface area contributed by atoms with E-state index < -0.39 is 0 Å². The fourth-order valence-electron chi connectivity index (χ4n) is 3.87. The van der Waals surface area contributed by atoms with Gasteiger partial charge >= 0.3 is 5.97 Å². The zero-order valence-electron chi connectivity index (χ0n) is 12.6. The van der Waals surface area contributed by atoms with Gasteiger partial charge < -0.3 is 4.74 Å². The smallest absolute Gasteiger partial charge is 0.314 e. The molecule has 2 aliphatic carbocycles. The van der Waals surface area contributed by atoms with Gasteiger partial charge in [-0.3, -0.25) is 4.79 Å². The molecule has 0 N–H and O–H groups in total. The Hall–Kier alpha value is -2.09. The second kappa shape index (κ2) is 5.60. The molecule has 0 amide bonds. The first-order chi connectivity index (χ1) is 10.8. The lowest BCUT2D eigenvalue weighted by molar-refractivity contribution is -0.136. The van der Waals surface area contributed by atoms with Crippen molar-refractivity contribution in [2.45, 2.75) is 25.7 Å². The van der Waals surface area contributed by atoms with Crippen molar-refractivity contribution in [2.75, 3.05) is 0 Å². The van der Waals surface area contributed by atoms with Crippen LogP contribution in [0.25, 0.3) is 11.1 Å². The normalized spacial score (nSPS) is 26.1. The number of ether oxygens (including phenoxy) is 1. The van der Waals surface area contributed by atoms with Crippen LogP contribution >= 0.6 is 0 Å². The highest BCUT2D eigenvalue weighted by molar-refractivity contribution is 5.79. The molecule has 112 valence electrons. The molecule has 22 heavy (non-hydrogen) atoms. The maximum atomic E-state index is 12.3. The number of carbonyl (C=O) groups excluding carboxylic acids is 1. The SMILES string of the molecule is O=C(Oc1ccc(-c2ccccc2)cc1)C1[C@H]2CCCC[C@H]12. The molecule has 0 bridgehead atoms. The lowest BCUT2D eigenvalue weighted by atomic mass is 10.0. The fourth-order valence-corrected chi connectivity index (χ4v) is 3.87. The molecule has 0 aromatic heterocycles. The molecule has 0 radical (unpaired) electrons. The van der Waals surface area contributed by atoms with Crippen molar-refractivity contribution in [3.05, 3.63) is 54.6 Å². The number of hydrogen-bond donors (Lipinski definition) is 0. The minimum Gasteiger partial charge on any atom is -0.426 e. The molecule has 0 unspecified atom stereocenters. The van der Waals surface area contributed by atoms with Gasteiger partial charge in [0, 0.05) is 0 Å². The van der Waals surface area contributed by atoms with Gasteiger partial charge in [0.1, 0.15) is 5.75 Å². The molecule has 2 fully saturated rings. The topological polar surface area (TPSA) is 26.3 Å². The largest absolute Gasteiger partial charge is 0.426 e. The average molecular weight is 292 g/mol. The molecule has 0 spiro atoms. The minimum absolute atomic E-state index is 0.0237. The highest BCUT2D eigenvalue weighted by Crippen LogP contribution is 2.55. The molecule has 2 aromatic carbocycles. The van der Waals surface area contributed by atoms with Crippen LogP contribution in [0.2, 0.25) is 0 Å². The molecular formula is C20H20O2. The number of hydrogen-bond acceptors (Lipinski definition) is 2. The summed E-state index contributed by atoms with van der Waals surface area (Å²) in [5.74, 6) is 2.00. The van der Waals surface area contributed by atoms with Crippen LogP contribution in [0.4, 0.5) is 0 Å². The quantitative estimate of drug-likeness (QED) is 0.605. The number of rotatable bonds is 3. The van der Waals surface area contributed by atoms with Gasteiger partial charge in [0.25, 0.3) is 0 Å². The zero-order chi connectivity index (χ0) is 14.9. The number of benzene rings is 2. The van der Waals surface area contributed by atoms with Gasteiger partial charge in [-0.25, -0.2) is 0 Å². The summed E-state index contributed by atoms with van der Waals surface area (Å²) in [6.07, 6.45) is 4.96. The average Bonchev–Trinajstić information content (AvgIpc) is 3.31. The first-order valence-corrected chi connectivity index (χ1v) is 8.20. The molecule has 2 nitrogen and oxygen atoms in total. The highest BCUT2D eigenvalue weighted by atomic mass is 16.5. The molecule has 4 rings (SSSR count). The monoisotopic (exact) mass is 292 g/mol. The van der Waals surface area contributed by atoms with E-state index >= 15 is 0 Å². The van der Waals surface area contributed by atoms with Crippen LogP contribution in [0.3, 0.4) is 0 Å². The summed E-state index contributed by atoms with van der Waals surface area (Å²) in [5, 5.41) is 0. The fraction of sp³-hybridized carbons (Fsp3) is 0.350. The van der Waals surface area contributed by atoms with Gasteiger partial charge in [0.05, 0.1) is 5.92 Å². The van der Waals surface area contributed by atoms with E-state index in [9.17, 15) is 4.79 Å². The van der Waals surface area contributed by atoms with E-state index in [1.807, 2.05) is 42.5 Å². The van der Waals surface area contributed by atoms with E-state index in [2.05, 4.69) is 12.1 Å². The van der Waals surface area contributed by atoms with Crippen LogP contribution in [0.15, 0.2) is 54.6 Å². The minimum atomic E-state index is -0.0237. The summed E-state index contributed by atoms with van der Waals surface area (Å²) < 4.78 is 5.58. The number of carbonyl (C=O) groups is 1.